The summed E-state index contributed by atoms with van der Waals surface area (Å²) in [6.45, 7) is 3.94. The van der Waals surface area contributed by atoms with Crippen LogP contribution >= 0.6 is 34.4 Å². The van der Waals surface area contributed by atoms with Crippen molar-refractivity contribution in [1.29, 1.82) is 0 Å². The van der Waals surface area contributed by atoms with Crippen molar-refractivity contribution in [3.05, 3.63) is 40.4 Å². The topological polar surface area (TPSA) is 64.7 Å². The van der Waals surface area contributed by atoms with E-state index in [9.17, 15) is 0 Å². The van der Waals surface area contributed by atoms with E-state index < -0.39 is 0 Å². The van der Waals surface area contributed by atoms with Gasteiger partial charge in [0, 0.05) is 22.2 Å². The first-order valence-corrected chi connectivity index (χ1v) is 10.2. The Kier molecular flexibility index (Phi) is 4.34. The molecule has 0 saturated heterocycles. The van der Waals surface area contributed by atoms with Gasteiger partial charge in [-0.25, -0.2) is 9.97 Å². The molecule has 0 aliphatic carbocycles. The normalized spacial score (nSPS) is 11.4. The maximum Gasteiger partial charge on any atom is 0.237 e. The van der Waals surface area contributed by atoms with Gasteiger partial charge in [0.25, 0.3) is 0 Å². The van der Waals surface area contributed by atoms with Crippen molar-refractivity contribution in [2.45, 2.75) is 31.0 Å². The number of aryl methyl sites for hydroxylation is 2. The van der Waals surface area contributed by atoms with Crippen LogP contribution in [0.25, 0.3) is 20.7 Å². The predicted octanol–water partition coefficient (Wildman–Crippen LogP) is 4.97. The Bertz CT molecular complexity index is 975. The molecule has 0 saturated carbocycles. The maximum absolute atomic E-state index is 5.28. The molecule has 0 aliphatic rings. The van der Waals surface area contributed by atoms with Gasteiger partial charge in [0.05, 0.1) is 11.1 Å². The van der Waals surface area contributed by atoms with Gasteiger partial charge < -0.3 is 4.52 Å². The van der Waals surface area contributed by atoms with Crippen LogP contribution in [0.5, 0.6) is 0 Å². The summed E-state index contributed by atoms with van der Waals surface area (Å²) in [5.74, 6) is 2.76. The van der Waals surface area contributed by atoms with E-state index in [1.165, 1.54) is 10.4 Å². The van der Waals surface area contributed by atoms with Crippen LogP contribution in [0.15, 0.2) is 32.4 Å². The van der Waals surface area contributed by atoms with Gasteiger partial charge in [-0.3, -0.25) is 0 Å². The van der Waals surface area contributed by atoms with E-state index in [0.29, 0.717) is 11.6 Å². The molecule has 8 heteroatoms. The van der Waals surface area contributed by atoms with E-state index in [0.717, 1.165) is 33.3 Å². The van der Waals surface area contributed by atoms with Crippen LogP contribution in [0.3, 0.4) is 0 Å². The largest absolute Gasteiger partial charge is 0.338 e. The average molecular weight is 375 g/mol. The first-order valence-electron chi connectivity index (χ1n) is 7.48. The molecular formula is C16H14N4OS3. The van der Waals surface area contributed by atoms with Gasteiger partial charge >= 0.3 is 0 Å². The minimum atomic E-state index is 0.609. The summed E-state index contributed by atoms with van der Waals surface area (Å²) in [6.07, 6.45) is 0.776. The minimum absolute atomic E-state index is 0.609. The number of aromatic nitrogens is 4. The fraction of sp³-hybridized carbons (Fsp3) is 0.250. The summed E-state index contributed by atoms with van der Waals surface area (Å²) >= 11 is 5.01. The number of fused-ring (bicyclic) bond motifs is 1. The molecule has 0 atom stereocenters. The second kappa shape index (κ2) is 6.62. The highest BCUT2D eigenvalue weighted by molar-refractivity contribution is 7.98. The number of hydrogen-bond acceptors (Lipinski definition) is 8. The van der Waals surface area contributed by atoms with Gasteiger partial charge in [0.15, 0.2) is 5.82 Å². The summed E-state index contributed by atoms with van der Waals surface area (Å²) in [4.78, 5) is 15.9. The Morgan fingerprint density at radius 1 is 1.21 bits per heavy atom. The molecule has 0 aliphatic heterocycles. The van der Waals surface area contributed by atoms with Crippen molar-refractivity contribution in [3.63, 3.8) is 0 Å². The van der Waals surface area contributed by atoms with Crippen molar-refractivity contribution in [1.82, 2.24) is 20.1 Å². The molecule has 0 radical (unpaired) electrons. The lowest BCUT2D eigenvalue weighted by molar-refractivity contribution is 0.385. The van der Waals surface area contributed by atoms with E-state index >= 15 is 0 Å². The quantitative estimate of drug-likeness (QED) is 0.363. The van der Waals surface area contributed by atoms with Crippen LogP contribution in [0.2, 0.25) is 0 Å². The first kappa shape index (κ1) is 15.7. The van der Waals surface area contributed by atoms with Crippen molar-refractivity contribution in [2.75, 3.05) is 0 Å². The second-order valence-electron chi connectivity index (χ2n) is 5.13. The second-order valence-corrected chi connectivity index (χ2v) is 7.90. The fourth-order valence-corrected chi connectivity index (χ4v) is 5.15. The van der Waals surface area contributed by atoms with Crippen LogP contribution in [0.1, 0.15) is 24.5 Å². The molecule has 4 rings (SSSR count). The zero-order chi connectivity index (χ0) is 16.5. The molecule has 4 heterocycles. The highest BCUT2D eigenvalue weighted by Crippen LogP contribution is 2.40. The zero-order valence-electron chi connectivity index (χ0n) is 13.1. The number of thiophene rings is 2. The number of nitrogens with zero attached hydrogens (tertiary/aromatic N) is 4. The molecule has 4 aromatic rings. The molecular weight excluding hydrogens is 360 g/mol. The maximum atomic E-state index is 5.28. The average Bonchev–Trinajstić information content (AvgIpc) is 3.31. The van der Waals surface area contributed by atoms with Gasteiger partial charge in [-0.15, -0.1) is 22.7 Å². The molecule has 122 valence electrons. The highest BCUT2D eigenvalue weighted by atomic mass is 32.2. The zero-order valence-corrected chi connectivity index (χ0v) is 15.6. The van der Waals surface area contributed by atoms with Crippen LogP contribution in [-0.2, 0) is 12.2 Å². The molecule has 5 nitrogen and oxygen atoms in total. The molecule has 0 amide bonds. The van der Waals surface area contributed by atoms with Gasteiger partial charge in [-0.2, -0.15) is 4.98 Å². The van der Waals surface area contributed by atoms with Gasteiger partial charge in [0.1, 0.15) is 15.7 Å². The Hall–Kier alpha value is -1.77. The lowest BCUT2D eigenvalue weighted by Gasteiger charge is -2.04. The Morgan fingerprint density at radius 2 is 2.12 bits per heavy atom. The molecule has 0 aromatic carbocycles. The van der Waals surface area contributed by atoms with Crippen LogP contribution < -0.4 is 0 Å². The van der Waals surface area contributed by atoms with Crippen LogP contribution in [0, 0.1) is 6.92 Å². The molecule has 0 unspecified atom stereocenters. The molecule has 0 spiro atoms. The number of thioether (sulfide) groups is 1. The summed E-state index contributed by atoms with van der Waals surface area (Å²) in [5, 5.41) is 10.3. The summed E-state index contributed by atoms with van der Waals surface area (Å²) in [7, 11) is 0. The molecule has 0 bridgehead atoms. The smallest absolute Gasteiger partial charge is 0.237 e. The lowest BCUT2D eigenvalue weighted by atomic mass is 10.2. The van der Waals surface area contributed by atoms with E-state index in [-0.39, 0.29) is 0 Å². The van der Waals surface area contributed by atoms with Gasteiger partial charge in [-0.1, -0.05) is 29.9 Å². The van der Waals surface area contributed by atoms with E-state index in [1.807, 2.05) is 13.8 Å². The minimum Gasteiger partial charge on any atom is -0.338 e. The van der Waals surface area contributed by atoms with E-state index in [4.69, 9.17) is 4.52 Å². The molecule has 24 heavy (non-hydrogen) atoms. The monoisotopic (exact) mass is 374 g/mol. The third-order valence-electron chi connectivity index (χ3n) is 3.46. The summed E-state index contributed by atoms with van der Waals surface area (Å²) in [6, 6.07) is 4.20. The standard InChI is InChI=1S/C16H14N4OS3/c1-3-12-19-13(21-20-12)8-24-16-14-10(11-5-4-6-22-11)7-23-15(14)17-9(2)18-16/h4-7H,3,8H2,1-2H3. The predicted molar refractivity (Wildman–Crippen MR) is 98.7 cm³/mol. The highest BCUT2D eigenvalue weighted by Gasteiger charge is 2.16. The summed E-state index contributed by atoms with van der Waals surface area (Å²) in [5.41, 5.74) is 1.20. The Morgan fingerprint density at radius 3 is 2.88 bits per heavy atom. The fourth-order valence-electron chi connectivity index (χ4n) is 2.35. The summed E-state index contributed by atoms with van der Waals surface area (Å²) < 4.78 is 5.28. The van der Waals surface area contributed by atoms with Crippen LogP contribution in [0.4, 0.5) is 0 Å². The van der Waals surface area contributed by atoms with E-state index in [2.05, 4.69) is 43.0 Å². The van der Waals surface area contributed by atoms with Crippen molar-refractivity contribution >= 4 is 44.7 Å². The Labute approximate surface area is 151 Å². The number of rotatable bonds is 5. The molecule has 0 N–H and O–H groups in total. The van der Waals surface area contributed by atoms with Gasteiger partial charge in [0.2, 0.25) is 5.89 Å². The number of hydrogen-bond donors (Lipinski definition) is 0. The Balaban J connectivity index is 1.72. The molecule has 0 fully saturated rings. The van der Waals surface area contributed by atoms with Crippen molar-refractivity contribution in [2.24, 2.45) is 0 Å². The third kappa shape index (κ3) is 2.97. The van der Waals surface area contributed by atoms with Crippen LogP contribution in [-0.4, -0.2) is 20.1 Å². The third-order valence-corrected chi connectivity index (χ3v) is 6.19. The lowest BCUT2D eigenvalue weighted by Crippen LogP contribution is -1.92. The molecule has 4 aromatic heterocycles. The van der Waals surface area contributed by atoms with E-state index in [1.54, 1.807) is 34.4 Å². The van der Waals surface area contributed by atoms with Crippen molar-refractivity contribution < 1.29 is 4.52 Å². The first-order chi connectivity index (χ1) is 11.7. The SMILES string of the molecule is CCc1noc(CSc2nc(C)nc3scc(-c4cccs4)c23)n1. The van der Waals surface area contributed by atoms with Gasteiger partial charge in [-0.05, 0) is 18.4 Å². The van der Waals surface area contributed by atoms with Crippen molar-refractivity contribution in [3.8, 4) is 10.4 Å².